The lowest BCUT2D eigenvalue weighted by Crippen LogP contribution is -2.16. The Kier molecular flexibility index (Phi) is 8.36. The van der Waals surface area contributed by atoms with Gasteiger partial charge in [0, 0.05) is 10.8 Å². The maximum Gasteiger partial charge on any atom is 0.264 e. The summed E-state index contributed by atoms with van der Waals surface area (Å²) >= 11 is 9.98. The summed E-state index contributed by atoms with van der Waals surface area (Å²) in [5.41, 5.74) is 4.72. The molecule has 0 atom stereocenters. The number of nitrogens with one attached hydrogen (secondary N) is 2. The second-order valence-corrected chi connectivity index (χ2v) is 10.2. The van der Waals surface area contributed by atoms with Gasteiger partial charge in [-0.05, 0) is 23.3 Å². The second-order valence-electron chi connectivity index (χ2n) is 6.59. The lowest BCUT2D eigenvalue weighted by atomic mass is 10.2. The maximum atomic E-state index is 12.3. The third-order valence-electron chi connectivity index (χ3n) is 4.08. The number of nitrogens with two attached hydrogens (primary N) is 1. The number of benzene rings is 2. The van der Waals surface area contributed by atoms with E-state index in [4.69, 9.17) is 17.4 Å². The number of carbonyl (C=O) groups is 1. The number of hydrogen-bond donors (Lipinski definition) is 3. The van der Waals surface area contributed by atoms with Crippen molar-refractivity contribution in [2.45, 2.75) is 15.2 Å². The Morgan fingerprint density at radius 1 is 1.12 bits per heavy atom. The smallest absolute Gasteiger partial charge is 0.264 e. The summed E-state index contributed by atoms with van der Waals surface area (Å²) in [6.07, 6.45) is 1.58. The lowest BCUT2D eigenvalue weighted by molar-refractivity contribution is -0.113. The molecule has 0 bridgehead atoms. The first kappa shape index (κ1) is 24.0. The number of aromatic nitrogens is 5. The number of nitrogens with zero attached hydrogens (tertiary/aromatic N) is 6. The van der Waals surface area contributed by atoms with E-state index in [0.717, 1.165) is 27.4 Å². The number of carbonyl (C=O) groups excluding carboxylic acids is 1. The molecule has 4 rings (SSSR count). The zero-order chi connectivity index (χ0) is 23.8. The van der Waals surface area contributed by atoms with Crippen LogP contribution in [-0.2, 0) is 10.5 Å². The minimum absolute atomic E-state index is 0.0766. The van der Waals surface area contributed by atoms with E-state index in [0.29, 0.717) is 15.3 Å². The van der Waals surface area contributed by atoms with E-state index in [9.17, 15) is 4.79 Å². The van der Waals surface area contributed by atoms with Gasteiger partial charge in [0.05, 0.1) is 12.0 Å². The predicted molar refractivity (Wildman–Crippen MR) is 138 cm³/mol. The normalized spacial score (nSPS) is 11.1. The van der Waals surface area contributed by atoms with Crippen molar-refractivity contribution in [2.75, 3.05) is 22.3 Å². The van der Waals surface area contributed by atoms with Crippen LogP contribution in [0.2, 0.25) is 5.02 Å². The molecule has 4 N–H and O–H groups in total. The standard InChI is InChI=1S/C20H18ClN9OS3/c21-15-8-4-7-14(9-15)10-23-25-17-26-28-19(30(17)22)32-12-16(31)24-18-27-29-20(34-18)33-11-13-5-2-1-3-6-13/h1-10H,11-12,22H2,(H,25,26)(H,24,27,31)/b23-10+. The molecule has 0 aliphatic heterocycles. The van der Waals surface area contributed by atoms with Crippen molar-refractivity contribution in [2.24, 2.45) is 5.10 Å². The number of anilines is 2. The van der Waals surface area contributed by atoms with Gasteiger partial charge in [0.2, 0.25) is 16.2 Å². The third-order valence-corrected chi connectivity index (χ3v) is 7.30. The van der Waals surface area contributed by atoms with Crippen molar-refractivity contribution < 1.29 is 4.79 Å². The molecule has 34 heavy (non-hydrogen) atoms. The molecule has 0 fully saturated rings. The van der Waals surface area contributed by atoms with Crippen molar-refractivity contribution in [1.29, 1.82) is 0 Å². The summed E-state index contributed by atoms with van der Waals surface area (Å²) in [6, 6.07) is 17.3. The van der Waals surface area contributed by atoms with Crippen LogP contribution in [0.3, 0.4) is 0 Å². The summed E-state index contributed by atoms with van der Waals surface area (Å²) in [4.78, 5) is 12.3. The number of thioether (sulfide) groups is 2. The number of nitrogen functional groups attached to an aromatic ring is 1. The summed E-state index contributed by atoms with van der Waals surface area (Å²) in [7, 11) is 0. The molecule has 14 heteroatoms. The van der Waals surface area contributed by atoms with E-state index in [1.807, 2.05) is 30.3 Å². The SMILES string of the molecule is Nn1c(N/N=C/c2cccc(Cl)c2)nnc1SCC(=O)Nc1nnc(SCc2ccccc2)s1. The van der Waals surface area contributed by atoms with Gasteiger partial charge in [0.1, 0.15) is 0 Å². The topological polar surface area (TPSA) is 136 Å². The highest BCUT2D eigenvalue weighted by molar-refractivity contribution is 8.00. The molecule has 10 nitrogen and oxygen atoms in total. The number of halogens is 1. The maximum absolute atomic E-state index is 12.3. The molecule has 0 aliphatic rings. The molecular formula is C20H18ClN9OS3. The average Bonchev–Trinajstić information content (AvgIpc) is 3.43. The first-order chi connectivity index (χ1) is 16.6. The molecular weight excluding hydrogens is 514 g/mol. The zero-order valence-corrected chi connectivity index (χ0v) is 20.7. The molecule has 2 aromatic heterocycles. The molecule has 2 heterocycles. The molecule has 2 aromatic carbocycles. The van der Waals surface area contributed by atoms with Gasteiger partial charge in [-0.15, -0.1) is 20.4 Å². The Bertz CT molecular complexity index is 1280. The quantitative estimate of drug-likeness (QED) is 0.0912. The Morgan fingerprint density at radius 3 is 2.79 bits per heavy atom. The Hall–Kier alpha value is -3.13. The first-order valence-electron chi connectivity index (χ1n) is 9.75. The summed E-state index contributed by atoms with van der Waals surface area (Å²) in [5, 5.41) is 24.3. The van der Waals surface area contributed by atoms with Gasteiger partial charge in [-0.2, -0.15) is 5.10 Å². The van der Waals surface area contributed by atoms with Crippen LogP contribution >= 0.6 is 46.5 Å². The second kappa shape index (κ2) is 11.8. The van der Waals surface area contributed by atoms with E-state index in [1.165, 1.54) is 21.6 Å². The highest BCUT2D eigenvalue weighted by Gasteiger charge is 2.14. The van der Waals surface area contributed by atoms with Crippen LogP contribution < -0.4 is 16.6 Å². The van der Waals surface area contributed by atoms with E-state index >= 15 is 0 Å². The molecule has 0 aliphatic carbocycles. The van der Waals surface area contributed by atoms with Crippen molar-refractivity contribution in [3.63, 3.8) is 0 Å². The first-order valence-corrected chi connectivity index (χ1v) is 12.9. The zero-order valence-electron chi connectivity index (χ0n) is 17.5. The van der Waals surface area contributed by atoms with Crippen LogP contribution in [0.1, 0.15) is 11.1 Å². The van der Waals surface area contributed by atoms with Crippen molar-refractivity contribution in [3.8, 4) is 0 Å². The number of hydrogen-bond acceptors (Lipinski definition) is 11. The van der Waals surface area contributed by atoms with Crippen molar-refractivity contribution in [1.82, 2.24) is 25.1 Å². The molecule has 0 radical (unpaired) electrons. The molecule has 0 spiro atoms. The van der Waals surface area contributed by atoms with Gasteiger partial charge in [0.15, 0.2) is 4.34 Å². The Balaban J connectivity index is 1.23. The van der Waals surface area contributed by atoms with E-state index in [-0.39, 0.29) is 17.6 Å². The fourth-order valence-electron chi connectivity index (χ4n) is 2.53. The van der Waals surface area contributed by atoms with Crippen LogP contribution in [0.25, 0.3) is 0 Å². The molecule has 1 amide bonds. The van der Waals surface area contributed by atoms with Crippen molar-refractivity contribution in [3.05, 3.63) is 70.7 Å². The van der Waals surface area contributed by atoms with Crippen LogP contribution in [-0.4, -0.2) is 42.9 Å². The fraction of sp³-hybridized carbons (Fsp3) is 0.100. The molecule has 174 valence electrons. The Labute approximate surface area is 212 Å². The van der Waals surface area contributed by atoms with Crippen LogP contribution in [0.4, 0.5) is 11.1 Å². The van der Waals surface area contributed by atoms with Gasteiger partial charge in [0.25, 0.3) is 5.95 Å². The highest BCUT2D eigenvalue weighted by atomic mass is 35.5. The van der Waals surface area contributed by atoms with Gasteiger partial charge >= 0.3 is 0 Å². The van der Waals surface area contributed by atoms with Gasteiger partial charge < -0.3 is 5.84 Å². The van der Waals surface area contributed by atoms with Crippen molar-refractivity contribution >= 4 is 69.7 Å². The van der Waals surface area contributed by atoms with Gasteiger partial charge in [-0.3, -0.25) is 10.1 Å². The Morgan fingerprint density at radius 2 is 1.97 bits per heavy atom. The number of hydrazone groups is 1. The number of amides is 1. The summed E-state index contributed by atoms with van der Waals surface area (Å²) < 4.78 is 2.00. The van der Waals surface area contributed by atoms with Crippen LogP contribution in [0, 0.1) is 0 Å². The molecule has 4 aromatic rings. The highest BCUT2D eigenvalue weighted by Crippen LogP contribution is 2.28. The van der Waals surface area contributed by atoms with Gasteiger partial charge in [-0.25, -0.2) is 10.1 Å². The minimum Gasteiger partial charge on any atom is -0.334 e. The predicted octanol–water partition coefficient (Wildman–Crippen LogP) is 3.97. The molecule has 0 unspecified atom stereocenters. The largest absolute Gasteiger partial charge is 0.334 e. The summed E-state index contributed by atoms with van der Waals surface area (Å²) in [6.45, 7) is 0. The van der Waals surface area contributed by atoms with Crippen LogP contribution in [0.15, 0.2) is 69.2 Å². The van der Waals surface area contributed by atoms with E-state index < -0.39 is 0 Å². The molecule has 0 saturated carbocycles. The minimum atomic E-state index is -0.253. The van der Waals surface area contributed by atoms with Gasteiger partial charge in [-0.1, -0.05) is 88.9 Å². The fourth-order valence-corrected chi connectivity index (χ4v) is 5.11. The van der Waals surface area contributed by atoms with Crippen LogP contribution in [0.5, 0.6) is 0 Å². The van der Waals surface area contributed by atoms with E-state index in [1.54, 1.807) is 30.1 Å². The summed E-state index contributed by atoms with van der Waals surface area (Å²) in [5.74, 6) is 6.82. The molecule has 0 saturated heterocycles. The third kappa shape index (κ3) is 6.93. The monoisotopic (exact) mass is 531 g/mol. The average molecular weight is 532 g/mol. The lowest BCUT2D eigenvalue weighted by Gasteiger charge is -2.03. The number of rotatable bonds is 10. The van der Waals surface area contributed by atoms with E-state index in [2.05, 4.69) is 48.4 Å².